The van der Waals surface area contributed by atoms with Crippen molar-refractivity contribution in [3.63, 3.8) is 0 Å². The fourth-order valence-corrected chi connectivity index (χ4v) is 2.11. The first kappa shape index (κ1) is 9.86. The molecule has 3 heterocycles. The van der Waals surface area contributed by atoms with E-state index in [0.29, 0.717) is 5.15 Å². The number of fused-ring (bicyclic) bond motifs is 1. The second-order valence-corrected chi connectivity index (χ2v) is 4.05. The highest BCUT2D eigenvalue weighted by molar-refractivity contribution is 6.30. The van der Waals surface area contributed by atoms with Gasteiger partial charge in [0.1, 0.15) is 10.7 Å². The van der Waals surface area contributed by atoms with Gasteiger partial charge in [-0.15, -0.1) is 0 Å². The number of pyridine rings is 1. The number of nitrogens with one attached hydrogen (secondary N) is 1. The van der Waals surface area contributed by atoms with E-state index in [2.05, 4.69) is 19.9 Å². The number of ether oxygens (including phenoxy) is 1. The van der Waals surface area contributed by atoms with Gasteiger partial charge >= 0.3 is 0 Å². The smallest absolute Gasteiger partial charge is 0.161 e. The second kappa shape index (κ2) is 3.92. The Morgan fingerprint density at radius 1 is 1.38 bits per heavy atom. The summed E-state index contributed by atoms with van der Waals surface area (Å²) in [5.74, 6) is 0. The van der Waals surface area contributed by atoms with E-state index in [4.69, 9.17) is 16.3 Å². The normalized spacial score (nSPS) is 16.9. The SMILES string of the molecule is Clc1cc(N2CCOCC2)c2nc[nH]c2n1. The summed E-state index contributed by atoms with van der Waals surface area (Å²) in [5, 5.41) is 0.484. The number of aromatic amines is 1. The van der Waals surface area contributed by atoms with Crippen LogP contribution in [0.25, 0.3) is 11.2 Å². The molecule has 3 rings (SSSR count). The summed E-state index contributed by atoms with van der Waals surface area (Å²) >= 11 is 5.98. The van der Waals surface area contributed by atoms with Gasteiger partial charge < -0.3 is 14.6 Å². The van der Waals surface area contributed by atoms with Gasteiger partial charge in [-0.3, -0.25) is 0 Å². The van der Waals surface area contributed by atoms with Crippen LogP contribution >= 0.6 is 11.6 Å². The molecule has 6 heteroatoms. The zero-order valence-corrected chi connectivity index (χ0v) is 9.37. The molecule has 0 unspecified atom stereocenters. The van der Waals surface area contributed by atoms with Crippen LogP contribution in [0, 0.1) is 0 Å². The lowest BCUT2D eigenvalue weighted by molar-refractivity contribution is 0.123. The lowest BCUT2D eigenvalue weighted by Gasteiger charge is -2.28. The van der Waals surface area contributed by atoms with E-state index in [9.17, 15) is 0 Å². The first-order valence-electron chi connectivity index (χ1n) is 5.17. The lowest BCUT2D eigenvalue weighted by Crippen LogP contribution is -2.36. The van der Waals surface area contributed by atoms with Crippen LogP contribution in [0.2, 0.25) is 5.15 Å². The summed E-state index contributed by atoms with van der Waals surface area (Å²) in [5.41, 5.74) is 2.62. The van der Waals surface area contributed by atoms with Crippen LogP contribution in [0.1, 0.15) is 0 Å². The van der Waals surface area contributed by atoms with Crippen molar-refractivity contribution in [1.82, 2.24) is 15.0 Å². The predicted molar refractivity (Wildman–Crippen MR) is 61.9 cm³/mol. The van der Waals surface area contributed by atoms with Gasteiger partial charge in [-0.2, -0.15) is 0 Å². The van der Waals surface area contributed by atoms with E-state index < -0.39 is 0 Å². The summed E-state index contributed by atoms with van der Waals surface area (Å²) in [6, 6.07) is 1.86. The number of H-pyrrole nitrogens is 1. The van der Waals surface area contributed by atoms with E-state index in [1.165, 1.54) is 0 Å². The van der Waals surface area contributed by atoms with Gasteiger partial charge in [0, 0.05) is 19.2 Å². The molecule has 0 bridgehead atoms. The fraction of sp³-hybridized carbons (Fsp3) is 0.400. The topological polar surface area (TPSA) is 54.0 Å². The first-order chi connectivity index (χ1) is 7.84. The van der Waals surface area contributed by atoms with Crippen molar-refractivity contribution in [3.8, 4) is 0 Å². The number of morpholine rings is 1. The molecule has 2 aromatic rings. The molecule has 0 amide bonds. The highest BCUT2D eigenvalue weighted by atomic mass is 35.5. The van der Waals surface area contributed by atoms with Gasteiger partial charge in [-0.1, -0.05) is 11.6 Å². The molecule has 1 saturated heterocycles. The number of imidazole rings is 1. The van der Waals surface area contributed by atoms with Crippen molar-refractivity contribution in [2.45, 2.75) is 0 Å². The second-order valence-electron chi connectivity index (χ2n) is 3.66. The molecule has 0 atom stereocenters. The standard InChI is InChI=1S/C10H11ClN4O/c11-8-5-7(15-1-3-16-4-2-15)9-10(14-8)13-6-12-9/h5-6H,1-4H2,(H,12,13,14). The largest absolute Gasteiger partial charge is 0.378 e. The lowest BCUT2D eigenvalue weighted by atomic mass is 10.3. The molecule has 0 aromatic carbocycles. The van der Waals surface area contributed by atoms with Gasteiger partial charge in [-0.25, -0.2) is 9.97 Å². The maximum Gasteiger partial charge on any atom is 0.161 e. The highest BCUT2D eigenvalue weighted by Gasteiger charge is 2.16. The van der Waals surface area contributed by atoms with Crippen molar-refractivity contribution in [3.05, 3.63) is 17.5 Å². The van der Waals surface area contributed by atoms with Crippen LogP contribution in [0.15, 0.2) is 12.4 Å². The number of halogens is 1. The molecule has 1 aliphatic heterocycles. The first-order valence-corrected chi connectivity index (χ1v) is 5.55. The minimum absolute atomic E-state index is 0.484. The Kier molecular flexibility index (Phi) is 2.41. The number of anilines is 1. The van der Waals surface area contributed by atoms with Crippen molar-refractivity contribution in [2.24, 2.45) is 0 Å². The van der Waals surface area contributed by atoms with Gasteiger partial charge in [-0.05, 0) is 0 Å². The van der Waals surface area contributed by atoms with Gasteiger partial charge in [0.05, 0.1) is 25.2 Å². The molecule has 1 N–H and O–H groups in total. The van der Waals surface area contributed by atoms with Crippen molar-refractivity contribution in [2.75, 3.05) is 31.2 Å². The molecule has 0 aliphatic carbocycles. The molecule has 5 nitrogen and oxygen atoms in total. The Balaban J connectivity index is 2.09. The zero-order valence-electron chi connectivity index (χ0n) is 8.61. The Morgan fingerprint density at radius 2 is 2.19 bits per heavy atom. The van der Waals surface area contributed by atoms with Crippen molar-refractivity contribution in [1.29, 1.82) is 0 Å². The van der Waals surface area contributed by atoms with Crippen LogP contribution in [0.5, 0.6) is 0 Å². The molecule has 2 aromatic heterocycles. The van der Waals surface area contributed by atoms with Gasteiger partial charge in [0.25, 0.3) is 0 Å². The van der Waals surface area contributed by atoms with E-state index in [1.54, 1.807) is 6.33 Å². The number of rotatable bonds is 1. The van der Waals surface area contributed by atoms with E-state index >= 15 is 0 Å². The Labute approximate surface area is 97.4 Å². The molecule has 0 radical (unpaired) electrons. The molecular formula is C10H11ClN4O. The minimum atomic E-state index is 0.484. The summed E-state index contributed by atoms with van der Waals surface area (Å²) in [6.45, 7) is 3.21. The van der Waals surface area contributed by atoms with Crippen molar-refractivity contribution >= 4 is 28.5 Å². The molecule has 84 valence electrons. The summed E-state index contributed by atoms with van der Waals surface area (Å²) in [7, 11) is 0. The van der Waals surface area contributed by atoms with E-state index in [-0.39, 0.29) is 0 Å². The van der Waals surface area contributed by atoms with Crippen LogP contribution in [0.3, 0.4) is 0 Å². The molecule has 16 heavy (non-hydrogen) atoms. The van der Waals surface area contributed by atoms with Crippen LogP contribution in [0.4, 0.5) is 5.69 Å². The third-order valence-electron chi connectivity index (χ3n) is 2.69. The number of hydrogen-bond donors (Lipinski definition) is 1. The minimum Gasteiger partial charge on any atom is -0.378 e. The molecule has 1 aliphatic rings. The molecule has 0 spiro atoms. The summed E-state index contributed by atoms with van der Waals surface area (Å²) in [4.78, 5) is 13.7. The van der Waals surface area contributed by atoms with E-state index in [1.807, 2.05) is 6.07 Å². The van der Waals surface area contributed by atoms with Gasteiger partial charge in [0.2, 0.25) is 0 Å². The number of aromatic nitrogens is 3. The molecule has 1 fully saturated rings. The quantitative estimate of drug-likeness (QED) is 0.764. The Bertz CT molecular complexity index is 506. The summed E-state index contributed by atoms with van der Waals surface area (Å²) in [6.07, 6.45) is 1.64. The Hall–Kier alpha value is -1.33. The number of hydrogen-bond acceptors (Lipinski definition) is 4. The van der Waals surface area contributed by atoms with Crippen LogP contribution < -0.4 is 4.90 Å². The monoisotopic (exact) mass is 238 g/mol. The molecule has 0 saturated carbocycles. The Morgan fingerprint density at radius 3 is 3.00 bits per heavy atom. The van der Waals surface area contributed by atoms with Crippen LogP contribution in [-0.4, -0.2) is 41.3 Å². The average molecular weight is 239 g/mol. The highest BCUT2D eigenvalue weighted by Crippen LogP contribution is 2.26. The van der Waals surface area contributed by atoms with E-state index in [0.717, 1.165) is 43.2 Å². The maximum absolute atomic E-state index is 5.98. The maximum atomic E-state index is 5.98. The molecular weight excluding hydrogens is 228 g/mol. The zero-order chi connectivity index (χ0) is 11.0. The van der Waals surface area contributed by atoms with Gasteiger partial charge in [0.15, 0.2) is 5.65 Å². The summed E-state index contributed by atoms with van der Waals surface area (Å²) < 4.78 is 5.33. The third-order valence-corrected chi connectivity index (χ3v) is 2.88. The fourth-order valence-electron chi connectivity index (χ4n) is 1.93. The number of nitrogens with zero attached hydrogens (tertiary/aromatic N) is 3. The van der Waals surface area contributed by atoms with Crippen molar-refractivity contribution < 1.29 is 4.74 Å². The average Bonchev–Trinajstić information content (AvgIpc) is 2.77. The third kappa shape index (κ3) is 1.62. The predicted octanol–water partition coefficient (Wildman–Crippen LogP) is 1.45. The van der Waals surface area contributed by atoms with Crippen LogP contribution in [-0.2, 0) is 4.74 Å².